The molecule has 0 bridgehead atoms. The lowest BCUT2D eigenvalue weighted by atomic mass is 10.1. The second-order valence-electron chi connectivity index (χ2n) is 4.22. The molecule has 1 aromatic carbocycles. The highest BCUT2D eigenvalue weighted by molar-refractivity contribution is 9.09. The third-order valence-electron chi connectivity index (χ3n) is 2.90. The summed E-state index contributed by atoms with van der Waals surface area (Å²) in [5.74, 6) is -1.31. The maximum Gasteiger partial charge on any atom is 0.254 e. The van der Waals surface area contributed by atoms with E-state index in [-0.39, 0.29) is 11.5 Å². The predicted molar refractivity (Wildman–Crippen MR) is 64.2 cm³/mol. The van der Waals surface area contributed by atoms with E-state index in [1.165, 1.54) is 0 Å². The Morgan fingerprint density at radius 1 is 1.35 bits per heavy atom. The normalized spacial score (nSPS) is 19.7. The molecule has 2 rings (SSSR count). The van der Waals surface area contributed by atoms with E-state index in [4.69, 9.17) is 0 Å². The number of alkyl halides is 1. The number of carbonyl (C=O) groups excluding carboxylic acids is 1. The van der Waals surface area contributed by atoms with Gasteiger partial charge in [-0.05, 0) is 24.5 Å². The number of carbonyl (C=O) groups is 1. The fourth-order valence-electron chi connectivity index (χ4n) is 2.00. The fraction of sp³-hybridized carbons (Fsp3) is 0.417. The topological polar surface area (TPSA) is 20.3 Å². The van der Waals surface area contributed by atoms with Crippen LogP contribution >= 0.6 is 15.9 Å². The van der Waals surface area contributed by atoms with Gasteiger partial charge in [0.05, 0.1) is 0 Å². The van der Waals surface area contributed by atoms with Crippen LogP contribution in [0.4, 0.5) is 8.78 Å². The van der Waals surface area contributed by atoms with Crippen LogP contribution in [0.15, 0.2) is 18.2 Å². The standard InChI is InChI=1S/C12H12BrF2NO/c13-6-8-1-2-16(7-8)12(17)9-3-10(14)5-11(15)4-9/h3-5,8H,1-2,6-7H2. The summed E-state index contributed by atoms with van der Waals surface area (Å²) in [5.41, 5.74) is 0.0812. The van der Waals surface area contributed by atoms with Gasteiger partial charge >= 0.3 is 0 Å². The third kappa shape index (κ3) is 2.83. The predicted octanol–water partition coefficient (Wildman–Crippen LogP) is 2.82. The second-order valence-corrected chi connectivity index (χ2v) is 4.87. The van der Waals surface area contributed by atoms with Crippen LogP contribution in [0.25, 0.3) is 0 Å². The Hall–Kier alpha value is -0.970. The molecule has 92 valence electrons. The summed E-state index contributed by atoms with van der Waals surface area (Å²) >= 11 is 3.37. The average Bonchev–Trinajstić information content (AvgIpc) is 2.75. The van der Waals surface area contributed by atoms with Gasteiger partial charge < -0.3 is 4.90 Å². The monoisotopic (exact) mass is 303 g/mol. The lowest BCUT2D eigenvalue weighted by Crippen LogP contribution is -2.29. The molecule has 17 heavy (non-hydrogen) atoms. The summed E-state index contributed by atoms with van der Waals surface area (Å²) in [5, 5.41) is 0.842. The highest BCUT2D eigenvalue weighted by Gasteiger charge is 2.26. The number of hydrogen-bond acceptors (Lipinski definition) is 1. The van der Waals surface area contributed by atoms with Crippen molar-refractivity contribution in [1.29, 1.82) is 0 Å². The molecule has 2 nitrogen and oxygen atoms in total. The van der Waals surface area contributed by atoms with E-state index >= 15 is 0 Å². The molecule has 1 atom stereocenters. The van der Waals surface area contributed by atoms with Crippen LogP contribution < -0.4 is 0 Å². The molecule has 1 fully saturated rings. The highest BCUT2D eigenvalue weighted by Crippen LogP contribution is 2.20. The van der Waals surface area contributed by atoms with Gasteiger partial charge in [-0.15, -0.1) is 0 Å². The highest BCUT2D eigenvalue weighted by atomic mass is 79.9. The minimum absolute atomic E-state index is 0.0812. The first-order valence-electron chi connectivity index (χ1n) is 5.41. The third-order valence-corrected chi connectivity index (χ3v) is 3.82. The van der Waals surface area contributed by atoms with Crippen molar-refractivity contribution in [1.82, 2.24) is 4.90 Å². The SMILES string of the molecule is O=C(c1cc(F)cc(F)c1)N1CCC(CBr)C1. The van der Waals surface area contributed by atoms with E-state index < -0.39 is 11.6 Å². The Morgan fingerprint density at radius 2 is 2.00 bits per heavy atom. The fourth-order valence-corrected chi connectivity index (χ4v) is 2.53. The van der Waals surface area contributed by atoms with Crippen molar-refractivity contribution in [2.24, 2.45) is 5.92 Å². The summed E-state index contributed by atoms with van der Waals surface area (Å²) in [7, 11) is 0. The van der Waals surface area contributed by atoms with E-state index in [2.05, 4.69) is 15.9 Å². The van der Waals surface area contributed by atoms with E-state index in [0.29, 0.717) is 19.0 Å². The Morgan fingerprint density at radius 3 is 2.53 bits per heavy atom. The lowest BCUT2D eigenvalue weighted by molar-refractivity contribution is 0.0787. The number of rotatable bonds is 2. The smallest absolute Gasteiger partial charge is 0.254 e. The van der Waals surface area contributed by atoms with Crippen LogP contribution in [-0.4, -0.2) is 29.2 Å². The van der Waals surface area contributed by atoms with E-state index in [0.717, 1.165) is 30.0 Å². The average molecular weight is 304 g/mol. The van der Waals surface area contributed by atoms with Crippen molar-refractivity contribution in [3.63, 3.8) is 0 Å². The first kappa shape index (κ1) is 12.5. The summed E-state index contributed by atoms with van der Waals surface area (Å²) in [6, 6.07) is 2.92. The molecule has 0 aromatic heterocycles. The molecule has 1 saturated heterocycles. The zero-order valence-corrected chi connectivity index (χ0v) is 10.7. The maximum absolute atomic E-state index is 13.0. The van der Waals surface area contributed by atoms with Crippen molar-refractivity contribution < 1.29 is 13.6 Å². The van der Waals surface area contributed by atoms with Gasteiger partial charge in [0.15, 0.2) is 0 Å². The minimum atomic E-state index is -0.718. The van der Waals surface area contributed by atoms with Crippen molar-refractivity contribution in [2.75, 3.05) is 18.4 Å². The van der Waals surface area contributed by atoms with Gasteiger partial charge in [0, 0.05) is 30.0 Å². The summed E-state index contributed by atoms with van der Waals surface area (Å²) in [4.78, 5) is 13.6. The van der Waals surface area contributed by atoms with Gasteiger partial charge in [0.1, 0.15) is 11.6 Å². The molecule has 0 spiro atoms. The number of halogens is 3. The Balaban J connectivity index is 2.14. The molecule has 5 heteroatoms. The largest absolute Gasteiger partial charge is 0.338 e. The number of benzene rings is 1. The van der Waals surface area contributed by atoms with Crippen molar-refractivity contribution in [3.8, 4) is 0 Å². The summed E-state index contributed by atoms with van der Waals surface area (Å²) in [6.45, 7) is 1.29. The number of nitrogens with zero attached hydrogens (tertiary/aromatic N) is 1. The first-order valence-corrected chi connectivity index (χ1v) is 6.53. The van der Waals surface area contributed by atoms with Gasteiger partial charge in [-0.3, -0.25) is 4.79 Å². The lowest BCUT2D eigenvalue weighted by Gasteiger charge is -2.16. The molecule has 1 aliphatic rings. The Kier molecular flexibility index (Phi) is 3.76. The molecule has 1 aromatic rings. The van der Waals surface area contributed by atoms with Crippen LogP contribution in [0.5, 0.6) is 0 Å². The van der Waals surface area contributed by atoms with Gasteiger partial charge in [0.25, 0.3) is 5.91 Å². The van der Waals surface area contributed by atoms with E-state index in [9.17, 15) is 13.6 Å². The molecule has 1 aliphatic heterocycles. The number of hydrogen-bond donors (Lipinski definition) is 0. The summed E-state index contributed by atoms with van der Waals surface area (Å²) in [6.07, 6.45) is 0.925. The summed E-state index contributed by atoms with van der Waals surface area (Å²) < 4.78 is 26.0. The Labute approximate surface area is 107 Å². The molecular weight excluding hydrogens is 292 g/mol. The molecule has 0 saturated carbocycles. The molecule has 0 aliphatic carbocycles. The Bertz CT molecular complexity index is 418. The molecule has 1 unspecified atom stereocenters. The van der Waals surface area contributed by atoms with Crippen molar-refractivity contribution in [2.45, 2.75) is 6.42 Å². The number of likely N-dealkylation sites (tertiary alicyclic amines) is 1. The van der Waals surface area contributed by atoms with Gasteiger partial charge in [-0.2, -0.15) is 0 Å². The number of amides is 1. The van der Waals surface area contributed by atoms with Crippen LogP contribution in [0, 0.1) is 17.6 Å². The van der Waals surface area contributed by atoms with Crippen molar-refractivity contribution in [3.05, 3.63) is 35.4 Å². The van der Waals surface area contributed by atoms with Crippen LogP contribution in [0.1, 0.15) is 16.8 Å². The van der Waals surface area contributed by atoms with Crippen LogP contribution in [0.2, 0.25) is 0 Å². The van der Waals surface area contributed by atoms with Gasteiger partial charge in [-0.25, -0.2) is 8.78 Å². The molecule has 0 N–H and O–H groups in total. The van der Waals surface area contributed by atoms with E-state index in [1.54, 1.807) is 4.90 Å². The van der Waals surface area contributed by atoms with E-state index in [1.807, 2.05) is 0 Å². The second kappa shape index (κ2) is 5.12. The van der Waals surface area contributed by atoms with Gasteiger partial charge in [0.2, 0.25) is 0 Å². The molecule has 0 radical (unpaired) electrons. The maximum atomic E-state index is 13.0. The zero-order valence-electron chi connectivity index (χ0n) is 9.13. The molecule has 1 amide bonds. The molecule has 1 heterocycles. The minimum Gasteiger partial charge on any atom is -0.338 e. The molecular formula is C12H12BrF2NO. The quantitative estimate of drug-likeness (QED) is 0.769. The van der Waals surface area contributed by atoms with Crippen molar-refractivity contribution >= 4 is 21.8 Å². The zero-order chi connectivity index (χ0) is 12.4. The van der Waals surface area contributed by atoms with Crippen LogP contribution in [0.3, 0.4) is 0 Å². The first-order chi connectivity index (χ1) is 8.10. The van der Waals surface area contributed by atoms with Crippen LogP contribution in [-0.2, 0) is 0 Å². The van der Waals surface area contributed by atoms with Gasteiger partial charge in [-0.1, -0.05) is 15.9 Å².